The van der Waals surface area contributed by atoms with Crippen LogP contribution in [0.3, 0.4) is 0 Å². The number of hydrogen-bond acceptors (Lipinski definition) is 4. The van der Waals surface area contributed by atoms with Gasteiger partial charge >= 0.3 is 5.97 Å². The lowest BCUT2D eigenvalue weighted by atomic mass is 10.2. The lowest BCUT2D eigenvalue weighted by Crippen LogP contribution is -2.20. The molecule has 6 nitrogen and oxygen atoms in total. The van der Waals surface area contributed by atoms with E-state index in [1.807, 2.05) is 31.2 Å². The molecule has 0 fully saturated rings. The highest BCUT2D eigenvalue weighted by Gasteiger charge is 2.08. The van der Waals surface area contributed by atoms with Crippen LogP contribution in [0, 0.1) is 6.92 Å². The van der Waals surface area contributed by atoms with Crippen LogP contribution in [-0.2, 0) is 9.59 Å². The van der Waals surface area contributed by atoms with Crippen molar-refractivity contribution in [2.45, 2.75) is 6.92 Å². The summed E-state index contributed by atoms with van der Waals surface area (Å²) >= 11 is 0. The van der Waals surface area contributed by atoms with Gasteiger partial charge in [-0.1, -0.05) is 23.8 Å². The number of aryl methyl sites for hydroxylation is 1. The van der Waals surface area contributed by atoms with Crippen molar-refractivity contribution in [1.82, 2.24) is 0 Å². The maximum atomic E-state index is 12.0. The van der Waals surface area contributed by atoms with E-state index in [0.29, 0.717) is 22.7 Å². The van der Waals surface area contributed by atoms with Crippen molar-refractivity contribution < 1.29 is 24.2 Å². The Morgan fingerprint density at radius 2 is 1.84 bits per heavy atom. The molecule has 2 aromatic rings. The Balaban J connectivity index is 1.98. The highest BCUT2D eigenvalue weighted by Crippen LogP contribution is 2.28. The zero-order chi connectivity index (χ0) is 18.2. The van der Waals surface area contributed by atoms with Crippen molar-refractivity contribution in [3.8, 4) is 11.5 Å². The number of ether oxygens (including phenoxy) is 2. The van der Waals surface area contributed by atoms with Gasteiger partial charge in [-0.3, -0.25) is 4.79 Å². The number of methoxy groups -OCH3 is 1. The second-order valence-corrected chi connectivity index (χ2v) is 5.28. The Kier molecular flexibility index (Phi) is 6.17. The molecule has 2 N–H and O–H groups in total. The number of carboxylic acid groups (broad SMARTS) is 1. The van der Waals surface area contributed by atoms with Crippen molar-refractivity contribution in [2.24, 2.45) is 0 Å². The number of amides is 1. The van der Waals surface area contributed by atoms with Crippen LogP contribution in [0.5, 0.6) is 11.5 Å². The van der Waals surface area contributed by atoms with Crippen LogP contribution >= 0.6 is 0 Å². The summed E-state index contributed by atoms with van der Waals surface area (Å²) in [4.78, 5) is 22.5. The van der Waals surface area contributed by atoms with Gasteiger partial charge in [0.1, 0.15) is 0 Å². The fourth-order valence-electron chi connectivity index (χ4n) is 2.05. The second kappa shape index (κ2) is 8.54. The number of anilines is 1. The first kappa shape index (κ1) is 18.1. The Morgan fingerprint density at radius 3 is 2.48 bits per heavy atom. The van der Waals surface area contributed by atoms with Crippen LogP contribution in [0.1, 0.15) is 11.1 Å². The molecular formula is C19H19NO5. The molecule has 2 aromatic carbocycles. The van der Waals surface area contributed by atoms with E-state index in [1.165, 1.54) is 13.2 Å². The molecule has 0 aliphatic rings. The van der Waals surface area contributed by atoms with Gasteiger partial charge in [0.15, 0.2) is 18.1 Å². The summed E-state index contributed by atoms with van der Waals surface area (Å²) in [6, 6.07) is 12.4. The summed E-state index contributed by atoms with van der Waals surface area (Å²) in [5, 5.41) is 11.4. The lowest BCUT2D eigenvalue weighted by Gasteiger charge is -2.11. The van der Waals surface area contributed by atoms with Crippen LogP contribution in [-0.4, -0.2) is 30.7 Å². The van der Waals surface area contributed by atoms with Gasteiger partial charge < -0.3 is 19.9 Å². The zero-order valence-electron chi connectivity index (χ0n) is 14.0. The van der Waals surface area contributed by atoms with Gasteiger partial charge in [-0.2, -0.15) is 0 Å². The standard InChI is InChI=1S/C19H19NO5/c1-13-3-7-15(8-4-13)20-18(21)12-25-16-9-5-14(6-10-19(22)23)11-17(16)24-2/h3-11H,12H2,1-2H3,(H,20,21)(H,22,23). The number of aliphatic carboxylic acids is 1. The number of carboxylic acids is 1. The van der Waals surface area contributed by atoms with Crippen molar-refractivity contribution in [2.75, 3.05) is 19.0 Å². The Bertz CT molecular complexity index is 781. The summed E-state index contributed by atoms with van der Waals surface area (Å²) in [7, 11) is 1.47. The van der Waals surface area contributed by atoms with E-state index < -0.39 is 5.97 Å². The summed E-state index contributed by atoms with van der Waals surface area (Å²) < 4.78 is 10.7. The van der Waals surface area contributed by atoms with E-state index in [4.69, 9.17) is 14.6 Å². The first-order valence-electron chi connectivity index (χ1n) is 7.56. The molecule has 0 atom stereocenters. The van der Waals surface area contributed by atoms with Crippen LogP contribution in [0.15, 0.2) is 48.5 Å². The van der Waals surface area contributed by atoms with Crippen LogP contribution < -0.4 is 14.8 Å². The number of carbonyl (C=O) groups is 2. The molecule has 0 aliphatic heterocycles. The number of rotatable bonds is 7. The minimum atomic E-state index is -1.04. The van der Waals surface area contributed by atoms with E-state index in [0.717, 1.165) is 11.6 Å². The van der Waals surface area contributed by atoms with E-state index in [2.05, 4.69) is 5.32 Å². The smallest absolute Gasteiger partial charge is 0.328 e. The lowest BCUT2D eigenvalue weighted by molar-refractivity contribution is -0.131. The quantitative estimate of drug-likeness (QED) is 0.756. The van der Waals surface area contributed by atoms with Crippen LogP contribution in [0.2, 0.25) is 0 Å². The van der Waals surface area contributed by atoms with E-state index >= 15 is 0 Å². The molecule has 0 saturated carbocycles. The van der Waals surface area contributed by atoms with Gasteiger partial charge in [-0.05, 0) is 42.8 Å². The van der Waals surface area contributed by atoms with Crippen LogP contribution in [0.4, 0.5) is 5.69 Å². The van der Waals surface area contributed by atoms with Crippen molar-refractivity contribution in [3.05, 3.63) is 59.7 Å². The molecule has 0 radical (unpaired) electrons. The number of hydrogen-bond donors (Lipinski definition) is 2. The molecular weight excluding hydrogens is 322 g/mol. The summed E-state index contributed by atoms with van der Waals surface area (Å²) in [6.45, 7) is 1.80. The number of benzene rings is 2. The molecule has 0 bridgehead atoms. The molecule has 0 aromatic heterocycles. The number of nitrogens with one attached hydrogen (secondary N) is 1. The van der Waals surface area contributed by atoms with Gasteiger partial charge in [0.2, 0.25) is 0 Å². The normalized spacial score (nSPS) is 10.5. The molecule has 6 heteroatoms. The zero-order valence-corrected chi connectivity index (χ0v) is 14.0. The van der Waals surface area contributed by atoms with Gasteiger partial charge in [-0.25, -0.2) is 4.79 Å². The Labute approximate surface area is 145 Å². The largest absolute Gasteiger partial charge is 0.493 e. The van der Waals surface area contributed by atoms with Gasteiger partial charge in [-0.15, -0.1) is 0 Å². The van der Waals surface area contributed by atoms with Crippen molar-refractivity contribution in [1.29, 1.82) is 0 Å². The minimum absolute atomic E-state index is 0.172. The number of carbonyl (C=O) groups excluding carboxylic acids is 1. The third-order valence-electron chi connectivity index (χ3n) is 3.30. The predicted molar refractivity (Wildman–Crippen MR) is 95.0 cm³/mol. The summed E-state index contributed by atoms with van der Waals surface area (Å²) in [6.07, 6.45) is 2.48. The summed E-state index contributed by atoms with van der Waals surface area (Å²) in [5.41, 5.74) is 2.45. The predicted octanol–water partition coefficient (Wildman–Crippen LogP) is 3.12. The van der Waals surface area contributed by atoms with E-state index in [-0.39, 0.29) is 12.5 Å². The van der Waals surface area contributed by atoms with Crippen molar-refractivity contribution in [3.63, 3.8) is 0 Å². The minimum Gasteiger partial charge on any atom is -0.493 e. The SMILES string of the molecule is COc1cc(C=CC(=O)O)ccc1OCC(=O)Nc1ccc(C)cc1. The fourth-order valence-corrected chi connectivity index (χ4v) is 2.05. The highest BCUT2D eigenvalue weighted by molar-refractivity contribution is 5.92. The van der Waals surface area contributed by atoms with Gasteiger partial charge in [0.25, 0.3) is 5.91 Å². The second-order valence-electron chi connectivity index (χ2n) is 5.28. The van der Waals surface area contributed by atoms with Crippen LogP contribution in [0.25, 0.3) is 6.08 Å². The fraction of sp³-hybridized carbons (Fsp3) is 0.158. The third kappa shape index (κ3) is 5.69. The summed E-state index contributed by atoms with van der Waals surface area (Å²) in [5.74, 6) is -0.516. The highest BCUT2D eigenvalue weighted by atomic mass is 16.5. The molecule has 130 valence electrons. The van der Waals surface area contributed by atoms with Gasteiger partial charge in [0.05, 0.1) is 7.11 Å². The maximum Gasteiger partial charge on any atom is 0.328 e. The topological polar surface area (TPSA) is 84.9 Å². The molecule has 0 heterocycles. The van der Waals surface area contributed by atoms with E-state index in [1.54, 1.807) is 18.2 Å². The molecule has 1 amide bonds. The molecule has 0 unspecified atom stereocenters. The average molecular weight is 341 g/mol. The monoisotopic (exact) mass is 341 g/mol. The molecule has 2 rings (SSSR count). The Hall–Kier alpha value is -3.28. The van der Waals surface area contributed by atoms with Crippen molar-refractivity contribution >= 4 is 23.6 Å². The van der Waals surface area contributed by atoms with Gasteiger partial charge in [0, 0.05) is 11.8 Å². The third-order valence-corrected chi connectivity index (χ3v) is 3.30. The maximum absolute atomic E-state index is 12.0. The van der Waals surface area contributed by atoms with E-state index in [9.17, 15) is 9.59 Å². The molecule has 0 aliphatic carbocycles. The Morgan fingerprint density at radius 1 is 1.12 bits per heavy atom. The molecule has 0 saturated heterocycles. The first-order valence-corrected chi connectivity index (χ1v) is 7.56. The average Bonchev–Trinajstić information content (AvgIpc) is 2.60. The molecule has 25 heavy (non-hydrogen) atoms. The molecule has 0 spiro atoms. The first-order chi connectivity index (χ1) is 12.0.